The summed E-state index contributed by atoms with van der Waals surface area (Å²) in [6.07, 6.45) is 3.90. The zero-order valence-corrected chi connectivity index (χ0v) is 12.1. The molecule has 0 spiro atoms. The highest BCUT2D eigenvalue weighted by Gasteiger charge is 2.32. The molecule has 1 saturated heterocycles. The van der Waals surface area contributed by atoms with Gasteiger partial charge in [0.1, 0.15) is 0 Å². The SMILES string of the molecule is CCC(C)CC(CC)NCC1COC(C)(C)O1. The van der Waals surface area contributed by atoms with Gasteiger partial charge >= 0.3 is 0 Å². The topological polar surface area (TPSA) is 30.5 Å². The van der Waals surface area contributed by atoms with E-state index in [0.717, 1.165) is 12.5 Å². The highest BCUT2D eigenvalue weighted by molar-refractivity contribution is 4.76. The van der Waals surface area contributed by atoms with Gasteiger partial charge in [0.05, 0.1) is 12.7 Å². The number of hydrogen-bond acceptors (Lipinski definition) is 3. The van der Waals surface area contributed by atoms with Crippen LogP contribution in [0, 0.1) is 5.92 Å². The highest BCUT2D eigenvalue weighted by Crippen LogP contribution is 2.22. The van der Waals surface area contributed by atoms with Gasteiger partial charge in [-0.1, -0.05) is 27.2 Å². The Morgan fingerprint density at radius 2 is 2.00 bits per heavy atom. The molecule has 0 radical (unpaired) electrons. The van der Waals surface area contributed by atoms with E-state index in [1.54, 1.807) is 0 Å². The minimum absolute atomic E-state index is 0.205. The molecule has 0 amide bonds. The van der Waals surface area contributed by atoms with Gasteiger partial charge in [0.25, 0.3) is 0 Å². The lowest BCUT2D eigenvalue weighted by molar-refractivity contribution is -0.137. The summed E-state index contributed by atoms with van der Waals surface area (Å²) in [7, 11) is 0. The van der Waals surface area contributed by atoms with E-state index in [4.69, 9.17) is 9.47 Å². The summed E-state index contributed by atoms with van der Waals surface area (Å²) in [5.41, 5.74) is 0. The van der Waals surface area contributed by atoms with E-state index in [2.05, 4.69) is 26.1 Å². The molecule has 3 heteroatoms. The molecule has 1 aliphatic heterocycles. The van der Waals surface area contributed by atoms with Crippen LogP contribution in [-0.2, 0) is 9.47 Å². The van der Waals surface area contributed by atoms with Crippen molar-refractivity contribution in [3.05, 3.63) is 0 Å². The Bertz CT molecular complexity index is 218. The van der Waals surface area contributed by atoms with Crippen LogP contribution in [0.5, 0.6) is 0 Å². The van der Waals surface area contributed by atoms with E-state index in [-0.39, 0.29) is 6.10 Å². The van der Waals surface area contributed by atoms with Crippen molar-refractivity contribution in [2.45, 2.75) is 71.8 Å². The summed E-state index contributed by atoms with van der Waals surface area (Å²) in [5, 5.41) is 3.61. The fourth-order valence-electron chi connectivity index (χ4n) is 2.21. The molecule has 3 atom stereocenters. The van der Waals surface area contributed by atoms with E-state index >= 15 is 0 Å². The molecular weight excluding hydrogens is 214 g/mol. The first-order valence-corrected chi connectivity index (χ1v) is 7.02. The first kappa shape index (κ1) is 14.9. The normalized spacial score (nSPS) is 27.0. The van der Waals surface area contributed by atoms with Crippen LogP contribution in [0.15, 0.2) is 0 Å². The van der Waals surface area contributed by atoms with Crippen molar-refractivity contribution in [2.75, 3.05) is 13.2 Å². The van der Waals surface area contributed by atoms with Crippen LogP contribution in [0.4, 0.5) is 0 Å². The Morgan fingerprint density at radius 1 is 1.29 bits per heavy atom. The predicted octanol–water partition coefficient (Wildman–Crippen LogP) is 2.94. The molecule has 3 unspecified atom stereocenters. The quantitative estimate of drug-likeness (QED) is 0.746. The summed E-state index contributed by atoms with van der Waals surface area (Å²) in [6, 6.07) is 0.609. The van der Waals surface area contributed by atoms with Gasteiger partial charge < -0.3 is 14.8 Å². The first-order chi connectivity index (χ1) is 7.96. The van der Waals surface area contributed by atoms with Gasteiger partial charge in [0.2, 0.25) is 0 Å². The van der Waals surface area contributed by atoms with Crippen LogP contribution in [0.1, 0.15) is 53.9 Å². The third-order valence-corrected chi connectivity index (χ3v) is 3.58. The smallest absolute Gasteiger partial charge is 0.163 e. The molecule has 1 fully saturated rings. The van der Waals surface area contributed by atoms with Crippen LogP contribution in [0.25, 0.3) is 0 Å². The van der Waals surface area contributed by atoms with Crippen molar-refractivity contribution >= 4 is 0 Å². The highest BCUT2D eigenvalue weighted by atomic mass is 16.7. The van der Waals surface area contributed by atoms with Crippen LogP contribution in [-0.4, -0.2) is 31.1 Å². The van der Waals surface area contributed by atoms with Gasteiger partial charge in [-0.05, 0) is 32.6 Å². The lowest BCUT2D eigenvalue weighted by Gasteiger charge is -2.22. The van der Waals surface area contributed by atoms with Crippen molar-refractivity contribution in [3.8, 4) is 0 Å². The summed E-state index contributed by atoms with van der Waals surface area (Å²) in [5.74, 6) is 0.398. The fourth-order valence-corrected chi connectivity index (χ4v) is 2.21. The second kappa shape index (κ2) is 6.72. The number of ether oxygens (including phenoxy) is 2. The predicted molar refractivity (Wildman–Crippen MR) is 71.1 cm³/mol. The second-order valence-corrected chi connectivity index (χ2v) is 5.71. The third kappa shape index (κ3) is 5.36. The standard InChI is InChI=1S/C14H29NO2/c1-6-11(3)8-12(7-2)15-9-13-10-16-14(4,5)17-13/h11-13,15H,6-10H2,1-5H3. The maximum atomic E-state index is 5.79. The van der Waals surface area contributed by atoms with E-state index in [9.17, 15) is 0 Å². The van der Waals surface area contributed by atoms with Gasteiger partial charge in [-0.25, -0.2) is 0 Å². The lowest BCUT2D eigenvalue weighted by atomic mass is 9.98. The Labute approximate surface area is 106 Å². The minimum Gasteiger partial charge on any atom is -0.348 e. The van der Waals surface area contributed by atoms with Crippen LogP contribution >= 0.6 is 0 Å². The molecule has 0 aromatic rings. The third-order valence-electron chi connectivity index (χ3n) is 3.58. The maximum Gasteiger partial charge on any atom is 0.163 e. The van der Waals surface area contributed by atoms with Crippen molar-refractivity contribution in [3.63, 3.8) is 0 Å². The molecule has 0 bridgehead atoms. The number of rotatable bonds is 7. The zero-order chi connectivity index (χ0) is 12.9. The average Bonchev–Trinajstić information content (AvgIpc) is 2.63. The second-order valence-electron chi connectivity index (χ2n) is 5.71. The van der Waals surface area contributed by atoms with Crippen LogP contribution < -0.4 is 5.32 Å². The summed E-state index contributed by atoms with van der Waals surface area (Å²) in [4.78, 5) is 0. The molecule has 3 nitrogen and oxygen atoms in total. The molecule has 1 rings (SSSR count). The van der Waals surface area contributed by atoms with Gasteiger partial charge in [-0.2, -0.15) is 0 Å². The van der Waals surface area contributed by atoms with Crippen molar-refractivity contribution in [1.82, 2.24) is 5.32 Å². The van der Waals surface area contributed by atoms with E-state index in [1.165, 1.54) is 19.3 Å². The molecule has 1 heterocycles. The van der Waals surface area contributed by atoms with Crippen LogP contribution in [0.2, 0.25) is 0 Å². The zero-order valence-electron chi connectivity index (χ0n) is 12.1. The fraction of sp³-hybridized carbons (Fsp3) is 1.00. The molecule has 0 saturated carbocycles. The summed E-state index contributed by atoms with van der Waals surface area (Å²) in [6.45, 7) is 12.4. The van der Waals surface area contributed by atoms with Crippen molar-refractivity contribution < 1.29 is 9.47 Å². The van der Waals surface area contributed by atoms with E-state index in [0.29, 0.717) is 12.6 Å². The van der Waals surface area contributed by atoms with E-state index in [1.807, 2.05) is 13.8 Å². The maximum absolute atomic E-state index is 5.79. The molecule has 17 heavy (non-hydrogen) atoms. The number of nitrogens with one attached hydrogen (secondary N) is 1. The minimum atomic E-state index is -0.398. The van der Waals surface area contributed by atoms with Crippen molar-refractivity contribution in [2.24, 2.45) is 5.92 Å². The average molecular weight is 243 g/mol. The lowest BCUT2D eigenvalue weighted by Crippen LogP contribution is -2.37. The van der Waals surface area contributed by atoms with Gasteiger partial charge in [0, 0.05) is 12.6 Å². The molecule has 0 aromatic heterocycles. The van der Waals surface area contributed by atoms with Gasteiger partial charge in [-0.15, -0.1) is 0 Å². The van der Waals surface area contributed by atoms with Crippen molar-refractivity contribution in [1.29, 1.82) is 0 Å². The molecule has 1 N–H and O–H groups in total. The Kier molecular flexibility index (Phi) is 5.90. The Balaban J connectivity index is 2.24. The monoisotopic (exact) mass is 243 g/mol. The molecule has 102 valence electrons. The van der Waals surface area contributed by atoms with Gasteiger partial charge in [0.15, 0.2) is 5.79 Å². The van der Waals surface area contributed by atoms with Gasteiger partial charge in [-0.3, -0.25) is 0 Å². The molecule has 0 aliphatic carbocycles. The van der Waals surface area contributed by atoms with E-state index < -0.39 is 5.79 Å². The molecule has 0 aromatic carbocycles. The largest absolute Gasteiger partial charge is 0.348 e. The van der Waals surface area contributed by atoms with Crippen LogP contribution in [0.3, 0.4) is 0 Å². The first-order valence-electron chi connectivity index (χ1n) is 7.02. The number of hydrogen-bond donors (Lipinski definition) is 1. The molecular formula is C14H29NO2. The molecule has 1 aliphatic rings. The Hall–Kier alpha value is -0.120. The summed E-state index contributed by atoms with van der Waals surface area (Å²) >= 11 is 0. The Morgan fingerprint density at radius 3 is 2.47 bits per heavy atom. The summed E-state index contributed by atoms with van der Waals surface area (Å²) < 4.78 is 11.3.